The maximum Gasteiger partial charge on any atom is 0.243 e. The lowest BCUT2D eigenvalue weighted by Gasteiger charge is -2.32. The lowest BCUT2D eigenvalue weighted by molar-refractivity contribution is -0.141. The maximum absolute atomic E-state index is 14.7. The fourth-order valence-electron chi connectivity index (χ4n) is 4.62. The quantitative estimate of drug-likeness (QED) is 0.268. The highest BCUT2D eigenvalue weighted by Gasteiger charge is 2.31. The summed E-state index contributed by atoms with van der Waals surface area (Å²) < 4.78 is 46.7. The van der Waals surface area contributed by atoms with Gasteiger partial charge in [0.1, 0.15) is 17.6 Å². The molecule has 226 valence electrons. The van der Waals surface area contributed by atoms with Crippen LogP contribution in [0, 0.1) is 5.82 Å². The van der Waals surface area contributed by atoms with Crippen molar-refractivity contribution in [1.29, 1.82) is 0 Å². The number of anilines is 1. The number of halogens is 1. The molecule has 3 aromatic rings. The van der Waals surface area contributed by atoms with Gasteiger partial charge in [-0.05, 0) is 63.1 Å². The van der Waals surface area contributed by atoms with E-state index in [2.05, 4.69) is 5.32 Å². The van der Waals surface area contributed by atoms with Crippen LogP contribution in [0.4, 0.5) is 10.1 Å². The zero-order valence-corrected chi connectivity index (χ0v) is 25.4. The Morgan fingerprint density at radius 3 is 2.19 bits per heavy atom. The van der Waals surface area contributed by atoms with E-state index in [0.717, 1.165) is 11.8 Å². The summed E-state index contributed by atoms with van der Waals surface area (Å²) in [5.74, 6) is -0.571. The average molecular weight is 598 g/mol. The number of ether oxygens (including phenoxy) is 1. The molecule has 42 heavy (non-hydrogen) atoms. The summed E-state index contributed by atoms with van der Waals surface area (Å²) in [6.45, 7) is 5.96. The van der Waals surface area contributed by atoms with Crippen molar-refractivity contribution in [2.45, 2.75) is 58.7 Å². The molecule has 1 N–H and O–H groups in total. The third-order valence-corrected chi connectivity index (χ3v) is 7.78. The van der Waals surface area contributed by atoms with Gasteiger partial charge in [-0.25, -0.2) is 12.8 Å². The van der Waals surface area contributed by atoms with Crippen molar-refractivity contribution in [2.24, 2.45) is 0 Å². The summed E-state index contributed by atoms with van der Waals surface area (Å²) in [5.41, 5.74) is 1.59. The molecule has 0 aliphatic carbocycles. The molecular weight excluding hydrogens is 557 g/mol. The number of sulfonamides is 1. The zero-order chi connectivity index (χ0) is 30.7. The van der Waals surface area contributed by atoms with Gasteiger partial charge in [0.2, 0.25) is 21.8 Å². The Morgan fingerprint density at radius 1 is 0.952 bits per heavy atom. The number of rotatable bonds is 15. The minimum absolute atomic E-state index is 0.0439. The van der Waals surface area contributed by atoms with Crippen LogP contribution in [0.5, 0.6) is 5.75 Å². The van der Waals surface area contributed by atoms with Crippen LogP contribution in [0.1, 0.15) is 44.7 Å². The molecule has 3 aromatic carbocycles. The van der Waals surface area contributed by atoms with Gasteiger partial charge in [0, 0.05) is 37.5 Å². The molecule has 8 nitrogen and oxygen atoms in total. The summed E-state index contributed by atoms with van der Waals surface area (Å²) in [6, 6.07) is 21.1. The minimum atomic E-state index is -3.65. The van der Waals surface area contributed by atoms with Gasteiger partial charge in [0.25, 0.3) is 0 Å². The van der Waals surface area contributed by atoms with Crippen molar-refractivity contribution in [1.82, 2.24) is 10.2 Å². The van der Waals surface area contributed by atoms with E-state index < -0.39 is 21.9 Å². The van der Waals surface area contributed by atoms with Gasteiger partial charge in [-0.3, -0.25) is 13.9 Å². The van der Waals surface area contributed by atoms with Crippen molar-refractivity contribution < 1.29 is 27.1 Å². The number of hydrogen-bond acceptors (Lipinski definition) is 5. The Bertz CT molecular complexity index is 1420. The Labute approximate surface area is 248 Å². The lowest BCUT2D eigenvalue weighted by Crippen LogP contribution is -2.52. The first-order valence-corrected chi connectivity index (χ1v) is 15.9. The number of carbonyl (C=O) groups is 2. The second-order valence-electron chi connectivity index (χ2n) is 10.3. The molecule has 2 amide bonds. The number of nitrogens with zero attached hydrogens (tertiary/aromatic N) is 2. The lowest BCUT2D eigenvalue weighted by atomic mass is 10.0. The molecule has 0 aromatic heterocycles. The summed E-state index contributed by atoms with van der Waals surface area (Å²) in [4.78, 5) is 28.7. The van der Waals surface area contributed by atoms with Crippen LogP contribution in [0.25, 0.3) is 0 Å². The highest BCUT2D eigenvalue weighted by molar-refractivity contribution is 7.92. The molecule has 0 heterocycles. The molecule has 0 fully saturated rings. The monoisotopic (exact) mass is 597 g/mol. The highest BCUT2D eigenvalue weighted by Crippen LogP contribution is 2.23. The molecule has 0 aliphatic heterocycles. The highest BCUT2D eigenvalue weighted by atomic mass is 32.2. The fourth-order valence-corrected chi connectivity index (χ4v) is 5.59. The molecule has 3 rings (SSSR count). The van der Waals surface area contributed by atoms with Crippen molar-refractivity contribution in [2.75, 3.05) is 23.7 Å². The van der Waals surface area contributed by atoms with Crippen molar-refractivity contribution in [3.05, 3.63) is 95.8 Å². The van der Waals surface area contributed by atoms with E-state index in [9.17, 15) is 22.4 Å². The van der Waals surface area contributed by atoms with Gasteiger partial charge < -0.3 is 15.0 Å². The molecule has 0 saturated carbocycles. The summed E-state index contributed by atoms with van der Waals surface area (Å²) in [6.07, 6.45) is 1.50. The molecule has 1 atom stereocenters. The Morgan fingerprint density at radius 2 is 1.60 bits per heavy atom. The van der Waals surface area contributed by atoms with Gasteiger partial charge in [0.15, 0.2) is 0 Å². The molecule has 10 heteroatoms. The van der Waals surface area contributed by atoms with Crippen molar-refractivity contribution in [3.8, 4) is 5.75 Å². The Kier molecular flexibility index (Phi) is 11.9. The van der Waals surface area contributed by atoms with Gasteiger partial charge in [-0.1, -0.05) is 48.5 Å². The third kappa shape index (κ3) is 9.58. The van der Waals surface area contributed by atoms with E-state index in [1.54, 1.807) is 42.5 Å². The van der Waals surface area contributed by atoms with E-state index >= 15 is 0 Å². The minimum Gasteiger partial charge on any atom is -0.494 e. The van der Waals surface area contributed by atoms with Gasteiger partial charge in [-0.2, -0.15) is 0 Å². The second-order valence-corrected chi connectivity index (χ2v) is 12.3. The molecule has 1 unspecified atom stereocenters. The van der Waals surface area contributed by atoms with E-state index in [1.807, 2.05) is 51.1 Å². The first kappa shape index (κ1) is 32.6. The first-order valence-electron chi connectivity index (χ1n) is 14.1. The van der Waals surface area contributed by atoms with E-state index in [-0.39, 0.29) is 55.8 Å². The number of nitrogens with one attached hydrogen (secondary N) is 1. The standard InChI is InChI=1S/C32H40FN3O5S/c1-5-41-28-19-17-27(18-20-28)36(42(4,39)40)21-11-16-31(37)35(23-26-14-9-10-15-29(26)33)30(32(38)34-24(2)3)22-25-12-7-6-8-13-25/h6-10,12-15,17-20,24,30H,5,11,16,21-23H2,1-4H3,(H,34,38). The van der Waals surface area contributed by atoms with Crippen LogP contribution in [0.15, 0.2) is 78.9 Å². The van der Waals surface area contributed by atoms with Crippen LogP contribution in [0.2, 0.25) is 0 Å². The van der Waals surface area contributed by atoms with Crippen LogP contribution in [0.3, 0.4) is 0 Å². The van der Waals surface area contributed by atoms with Crippen molar-refractivity contribution in [3.63, 3.8) is 0 Å². The van der Waals surface area contributed by atoms with E-state index in [0.29, 0.717) is 18.0 Å². The molecule has 0 bridgehead atoms. The van der Waals surface area contributed by atoms with Crippen LogP contribution in [-0.2, 0) is 32.6 Å². The molecule has 0 spiro atoms. The van der Waals surface area contributed by atoms with Gasteiger partial charge in [0.05, 0.1) is 18.6 Å². The van der Waals surface area contributed by atoms with Gasteiger partial charge in [-0.15, -0.1) is 0 Å². The van der Waals surface area contributed by atoms with Crippen molar-refractivity contribution >= 4 is 27.5 Å². The van der Waals surface area contributed by atoms with E-state index in [4.69, 9.17) is 4.74 Å². The molecule has 0 saturated heterocycles. The third-order valence-electron chi connectivity index (χ3n) is 6.59. The Balaban J connectivity index is 1.87. The number of carbonyl (C=O) groups excluding carboxylic acids is 2. The number of benzene rings is 3. The fraction of sp³-hybridized carbons (Fsp3) is 0.375. The summed E-state index contributed by atoms with van der Waals surface area (Å²) in [5, 5.41) is 2.90. The first-order chi connectivity index (χ1) is 20.0. The number of amides is 2. The topological polar surface area (TPSA) is 96.0 Å². The summed E-state index contributed by atoms with van der Waals surface area (Å²) in [7, 11) is -3.65. The second kappa shape index (κ2) is 15.3. The van der Waals surface area contributed by atoms with E-state index in [1.165, 1.54) is 15.3 Å². The average Bonchev–Trinajstić information content (AvgIpc) is 2.94. The number of hydrogen-bond donors (Lipinski definition) is 1. The Hall–Kier alpha value is -3.92. The van der Waals surface area contributed by atoms with Crippen LogP contribution < -0.4 is 14.4 Å². The van der Waals surface area contributed by atoms with Gasteiger partial charge >= 0.3 is 0 Å². The molecular formula is C32H40FN3O5S. The van der Waals surface area contributed by atoms with Crippen LogP contribution in [-0.4, -0.2) is 56.6 Å². The normalized spacial score (nSPS) is 12.0. The largest absolute Gasteiger partial charge is 0.494 e. The summed E-state index contributed by atoms with van der Waals surface area (Å²) >= 11 is 0. The molecule has 0 aliphatic rings. The maximum atomic E-state index is 14.7. The smallest absolute Gasteiger partial charge is 0.243 e. The predicted molar refractivity (Wildman–Crippen MR) is 163 cm³/mol. The SMILES string of the molecule is CCOc1ccc(N(CCCC(=O)N(Cc2ccccc2F)C(Cc2ccccc2)C(=O)NC(C)C)S(C)(=O)=O)cc1. The molecule has 0 radical (unpaired) electrons. The predicted octanol–water partition coefficient (Wildman–Crippen LogP) is 4.94. The van der Waals surface area contributed by atoms with Crippen LogP contribution >= 0.6 is 0 Å². The zero-order valence-electron chi connectivity index (χ0n) is 24.6.